The number of piperazine rings is 1. The molecule has 5 heteroatoms. The molecule has 25 heavy (non-hydrogen) atoms. The third kappa shape index (κ3) is 6.01. The second-order valence-corrected chi connectivity index (χ2v) is 7.22. The van der Waals surface area contributed by atoms with Gasteiger partial charge in [0.25, 0.3) is 0 Å². The first-order valence-corrected chi connectivity index (χ1v) is 9.34. The van der Waals surface area contributed by atoms with Crippen molar-refractivity contribution in [3.8, 4) is 5.75 Å². The van der Waals surface area contributed by atoms with Crippen LogP contribution in [0.3, 0.4) is 0 Å². The summed E-state index contributed by atoms with van der Waals surface area (Å²) < 4.78 is 5.64. The topological polar surface area (TPSA) is 38.3 Å². The third-order valence-corrected chi connectivity index (χ3v) is 4.99. The molecule has 1 atom stereocenters. The maximum Gasteiger partial charge on any atom is 0.137 e. The summed E-state index contributed by atoms with van der Waals surface area (Å²) in [7, 11) is 0. The summed E-state index contributed by atoms with van der Waals surface area (Å²) in [6.07, 6.45) is -0.443. The lowest BCUT2D eigenvalue weighted by molar-refractivity contribution is -1.02. The highest BCUT2D eigenvalue weighted by Gasteiger charge is 2.25. The maximum atomic E-state index is 10.2. The first kappa shape index (κ1) is 18.2. The zero-order valence-electron chi connectivity index (χ0n) is 14.5. The van der Waals surface area contributed by atoms with E-state index in [0.29, 0.717) is 11.6 Å². The molecule has 1 aliphatic heterocycles. The molecule has 1 saturated heterocycles. The lowest BCUT2D eigenvalue weighted by atomic mass is 10.2. The fourth-order valence-electron chi connectivity index (χ4n) is 3.34. The second kappa shape index (κ2) is 9.20. The van der Waals surface area contributed by atoms with Crippen LogP contribution in [0.4, 0.5) is 0 Å². The zero-order valence-corrected chi connectivity index (χ0v) is 15.2. The number of ether oxygens (including phenoxy) is 1. The number of quaternary nitrogens is 2. The standard InChI is InChI=1S/C20H25ClN2O2/c21-18-6-8-20(9-7-18)25-16-19(24)15-23-12-10-22(11-13-23)14-17-4-2-1-3-5-17/h1-9,19,24H,10-16H2/p+2/t19-/m1/s1. The van der Waals surface area contributed by atoms with Crippen LogP contribution in [0, 0.1) is 0 Å². The van der Waals surface area contributed by atoms with Gasteiger partial charge in [-0.2, -0.15) is 0 Å². The van der Waals surface area contributed by atoms with Crippen molar-refractivity contribution < 1.29 is 19.6 Å². The molecule has 1 aliphatic rings. The summed E-state index contributed by atoms with van der Waals surface area (Å²) in [6, 6.07) is 17.9. The fourth-order valence-corrected chi connectivity index (χ4v) is 3.46. The van der Waals surface area contributed by atoms with Crippen LogP contribution >= 0.6 is 11.6 Å². The van der Waals surface area contributed by atoms with Gasteiger partial charge in [-0.3, -0.25) is 0 Å². The Balaban J connectivity index is 1.36. The fraction of sp³-hybridized carbons (Fsp3) is 0.400. The van der Waals surface area contributed by atoms with Crippen molar-refractivity contribution in [1.82, 2.24) is 0 Å². The van der Waals surface area contributed by atoms with E-state index in [-0.39, 0.29) is 0 Å². The molecule has 0 aromatic heterocycles. The van der Waals surface area contributed by atoms with Crippen molar-refractivity contribution in [3.05, 3.63) is 65.2 Å². The quantitative estimate of drug-likeness (QED) is 0.652. The molecule has 3 rings (SSSR count). The first-order chi connectivity index (χ1) is 12.2. The van der Waals surface area contributed by atoms with Gasteiger partial charge in [0.05, 0.1) is 0 Å². The number of aliphatic hydroxyl groups is 1. The molecule has 0 unspecified atom stereocenters. The van der Waals surface area contributed by atoms with Crippen molar-refractivity contribution in [1.29, 1.82) is 0 Å². The normalized spacial score (nSPS) is 21.7. The summed E-state index contributed by atoms with van der Waals surface area (Å²) in [5, 5.41) is 10.9. The number of nitrogens with one attached hydrogen (secondary N) is 2. The van der Waals surface area contributed by atoms with Crippen LogP contribution < -0.4 is 14.5 Å². The largest absolute Gasteiger partial charge is 0.491 e. The Kier molecular flexibility index (Phi) is 6.70. The molecule has 0 saturated carbocycles. The summed E-state index contributed by atoms with van der Waals surface area (Å²) >= 11 is 5.86. The highest BCUT2D eigenvalue weighted by molar-refractivity contribution is 6.30. The van der Waals surface area contributed by atoms with Gasteiger partial charge >= 0.3 is 0 Å². The monoisotopic (exact) mass is 362 g/mol. The van der Waals surface area contributed by atoms with Crippen LogP contribution in [0.5, 0.6) is 5.75 Å². The first-order valence-electron chi connectivity index (χ1n) is 8.96. The lowest BCUT2D eigenvalue weighted by Crippen LogP contribution is -3.28. The Hall–Kier alpha value is -1.59. The van der Waals surface area contributed by atoms with E-state index >= 15 is 0 Å². The Bertz CT molecular complexity index is 628. The van der Waals surface area contributed by atoms with E-state index < -0.39 is 6.10 Å². The maximum absolute atomic E-state index is 10.2. The van der Waals surface area contributed by atoms with Crippen molar-refractivity contribution >= 4 is 11.6 Å². The molecule has 0 radical (unpaired) electrons. The molecule has 1 heterocycles. The van der Waals surface area contributed by atoms with Crippen molar-refractivity contribution in [2.75, 3.05) is 39.3 Å². The van der Waals surface area contributed by atoms with E-state index in [2.05, 4.69) is 30.3 Å². The van der Waals surface area contributed by atoms with E-state index in [4.69, 9.17) is 16.3 Å². The Morgan fingerprint density at radius 1 is 0.920 bits per heavy atom. The van der Waals surface area contributed by atoms with E-state index in [9.17, 15) is 5.11 Å². The SMILES string of the molecule is O[C@@H](COc1ccc(Cl)cc1)C[NH+]1CC[NH+](Cc2ccccc2)CC1. The molecule has 134 valence electrons. The Labute approximate surface area is 154 Å². The van der Waals surface area contributed by atoms with Gasteiger partial charge in [0.1, 0.15) is 57.7 Å². The lowest BCUT2D eigenvalue weighted by Gasteiger charge is -2.30. The Morgan fingerprint density at radius 2 is 1.56 bits per heavy atom. The highest BCUT2D eigenvalue weighted by atomic mass is 35.5. The van der Waals surface area contributed by atoms with Gasteiger partial charge in [0.15, 0.2) is 0 Å². The zero-order chi connectivity index (χ0) is 17.5. The van der Waals surface area contributed by atoms with E-state index in [1.165, 1.54) is 10.5 Å². The number of rotatable bonds is 7. The van der Waals surface area contributed by atoms with E-state index in [1.807, 2.05) is 12.1 Å². The average Bonchev–Trinajstić information content (AvgIpc) is 2.64. The van der Waals surface area contributed by atoms with Crippen LogP contribution in [0.15, 0.2) is 54.6 Å². The van der Waals surface area contributed by atoms with Gasteiger partial charge in [-0.05, 0) is 24.3 Å². The van der Waals surface area contributed by atoms with Gasteiger partial charge in [-0.15, -0.1) is 0 Å². The summed E-state index contributed by atoms with van der Waals surface area (Å²) in [5.74, 6) is 0.746. The van der Waals surface area contributed by atoms with Crippen LogP contribution in [0.2, 0.25) is 5.02 Å². The average molecular weight is 363 g/mol. The van der Waals surface area contributed by atoms with Gasteiger partial charge in [-0.1, -0.05) is 41.9 Å². The van der Waals surface area contributed by atoms with Crippen LogP contribution in [0.1, 0.15) is 5.56 Å². The molecular weight excluding hydrogens is 336 g/mol. The van der Waals surface area contributed by atoms with Crippen molar-refractivity contribution in [2.45, 2.75) is 12.6 Å². The van der Waals surface area contributed by atoms with Crippen LogP contribution in [0.25, 0.3) is 0 Å². The number of halogens is 1. The molecule has 1 fully saturated rings. The smallest absolute Gasteiger partial charge is 0.137 e. The molecular formula is C20H27ClN2O2+2. The predicted octanol–water partition coefficient (Wildman–Crippen LogP) is 0.0633. The number of benzene rings is 2. The van der Waals surface area contributed by atoms with Crippen LogP contribution in [-0.2, 0) is 6.54 Å². The molecule has 4 nitrogen and oxygen atoms in total. The Morgan fingerprint density at radius 3 is 2.24 bits per heavy atom. The number of hydrogen-bond acceptors (Lipinski definition) is 2. The third-order valence-electron chi connectivity index (χ3n) is 4.74. The minimum absolute atomic E-state index is 0.325. The van der Waals surface area contributed by atoms with Gasteiger partial charge in [0.2, 0.25) is 0 Å². The van der Waals surface area contributed by atoms with Crippen molar-refractivity contribution in [2.24, 2.45) is 0 Å². The summed E-state index contributed by atoms with van der Waals surface area (Å²) in [6.45, 7) is 6.65. The molecule has 0 aliphatic carbocycles. The number of aliphatic hydroxyl groups excluding tert-OH is 1. The molecule has 0 bridgehead atoms. The molecule has 3 N–H and O–H groups in total. The van der Waals surface area contributed by atoms with E-state index in [0.717, 1.165) is 45.0 Å². The van der Waals surface area contributed by atoms with Crippen LogP contribution in [-0.4, -0.2) is 50.5 Å². The molecule has 2 aromatic rings. The summed E-state index contributed by atoms with van der Waals surface area (Å²) in [4.78, 5) is 3.09. The van der Waals surface area contributed by atoms with Gasteiger partial charge in [-0.25, -0.2) is 0 Å². The minimum atomic E-state index is -0.443. The molecule has 0 spiro atoms. The second-order valence-electron chi connectivity index (χ2n) is 6.79. The van der Waals surface area contributed by atoms with Gasteiger partial charge in [0, 0.05) is 10.6 Å². The van der Waals surface area contributed by atoms with Gasteiger partial charge < -0.3 is 19.6 Å². The molecule has 2 aromatic carbocycles. The van der Waals surface area contributed by atoms with Crippen molar-refractivity contribution in [3.63, 3.8) is 0 Å². The molecule has 0 amide bonds. The number of hydrogen-bond donors (Lipinski definition) is 3. The summed E-state index contributed by atoms with van der Waals surface area (Å²) in [5.41, 5.74) is 1.40. The van der Waals surface area contributed by atoms with E-state index in [1.54, 1.807) is 17.0 Å². The highest BCUT2D eigenvalue weighted by Crippen LogP contribution is 2.15. The minimum Gasteiger partial charge on any atom is -0.491 e. The predicted molar refractivity (Wildman–Crippen MR) is 99.4 cm³/mol.